The van der Waals surface area contributed by atoms with Crippen LogP contribution in [0.4, 0.5) is 10.1 Å². The number of anilines is 1. The number of halogens is 1. The van der Waals surface area contributed by atoms with Crippen molar-refractivity contribution in [1.29, 1.82) is 0 Å². The summed E-state index contributed by atoms with van der Waals surface area (Å²) in [4.78, 5) is 27.1. The number of carbonyl (C=O) groups is 2. The molecule has 5 nitrogen and oxygen atoms in total. The summed E-state index contributed by atoms with van der Waals surface area (Å²) < 4.78 is 13.3. The number of benzene rings is 2. The zero-order valence-electron chi connectivity index (χ0n) is 18.3. The van der Waals surface area contributed by atoms with Crippen LogP contribution in [-0.4, -0.2) is 47.9 Å². The van der Waals surface area contributed by atoms with Gasteiger partial charge in [-0.05, 0) is 41.3 Å². The Bertz CT molecular complexity index is 906. The van der Waals surface area contributed by atoms with Gasteiger partial charge in [-0.15, -0.1) is 0 Å². The Morgan fingerprint density at radius 2 is 1.77 bits per heavy atom. The van der Waals surface area contributed by atoms with Gasteiger partial charge in [0.1, 0.15) is 5.82 Å². The van der Waals surface area contributed by atoms with Crippen LogP contribution in [0.1, 0.15) is 42.7 Å². The molecule has 1 aliphatic rings. The molecule has 2 N–H and O–H groups in total. The van der Waals surface area contributed by atoms with E-state index in [4.69, 9.17) is 0 Å². The van der Waals surface area contributed by atoms with Gasteiger partial charge >= 0.3 is 0 Å². The number of hydrogen-bond donors (Lipinski definition) is 2. The second kappa shape index (κ2) is 10.3. The number of carbonyl (C=O) groups excluding carboxylic acids is 2. The van der Waals surface area contributed by atoms with Gasteiger partial charge in [-0.25, -0.2) is 4.39 Å². The van der Waals surface area contributed by atoms with Crippen LogP contribution in [0.5, 0.6) is 0 Å². The highest BCUT2D eigenvalue weighted by Gasteiger charge is 2.26. The summed E-state index contributed by atoms with van der Waals surface area (Å²) in [5.74, 6) is 1.43. The molecule has 3 rings (SSSR count). The first kappa shape index (κ1) is 23.3. The molecule has 0 radical (unpaired) electrons. The van der Waals surface area contributed by atoms with Crippen LogP contribution in [0.15, 0.2) is 48.5 Å². The fraction of sp³-hybridized carbons (Fsp3) is 0.417. The van der Waals surface area contributed by atoms with Crippen LogP contribution in [0.2, 0.25) is 0 Å². The van der Waals surface area contributed by atoms with Gasteiger partial charge in [-0.2, -0.15) is 11.8 Å². The maximum atomic E-state index is 13.3. The molecule has 1 saturated heterocycles. The zero-order chi connectivity index (χ0) is 22.4. The van der Waals surface area contributed by atoms with E-state index in [1.54, 1.807) is 36.4 Å². The lowest BCUT2D eigenvalue weighted by molar-refractivity contribution is -0.115. The van der Waals surface area contributed by atoms with Crippen LogP contribution < -0.4 is 10.6 Å². The Balaban J connectivity index is 1.62. The van der Waals surface area contributed by atoms with Crippen LogP contribution >= 0.6 is 11.8 Å². The van der Waals surface area contributed by atoms with E-state index in [-0.39, 0.29) is 35.6 Å². The van der Waals surface area contributed by atoms with E-state index in [2.05, 4.69) is 31.4 Å². The summed E-state index contributed by atoms with van der Waals surface area (Å²) in [5.41, 5.74) is 1.93. The average Bonchev–Trinajstić information content (AvgIpc) is 2.74. The van der Waals surface area contributed by atoms with Crippen LogP contribution in [-0.2, 0) is 4.79 Å². The van der Waals surface area contributed by atoms with Crippen molar-refractivity contribution in [2.24, 2.45) is 5.41 Å². The number of hydrogen-bond acceptors (Lipinski definition) is 4. The number of nitrogens with one attached hydrogen (secondary N) is 2. The topological polar surface area (TPSA) is 61.4 Å². The Morgan fingerprint density at radius 1 is 1.10 bits per heavy atom. The second-order valence-electron chi connectivity index (χ2n) is 8.77. The van der Waals surface area contributed by atoms with Crippen LogP contribution in [0.25, 0.3) is 0 Å². The van der Waals surface area contributed by atoms with Gasteiger partial charge in [0.15, 0.2) is 0 Å². The van der Waals surface area contributed by atoms with Gasteiger partial charge in [0.2, 0.25) is 5.91 Å². The molecule has 1 atom stereocenters. The van der Waals surface area contributed by atoms with E-state index in [0.29, 0.717) is 11.3 Å². The number of rotatable bonds is 6. The Kier molecular flexibility index (Phi) is 7.73. The molecule has 0 aliphatic carbocycles. The van der Waals surface area contributed by atoms with Crippen molar-refractivity contribution in [3.05, 3.63) is 65.5 Å². The van der Waals surface area contributed by atoms with Crippen molar-refractivity contribution in [2.75, 3.05) is 36.5 Å². The van der Waals surface area contributed by atoms with Gasteiger partial charge < -0.3 is 15.5 Å². The molecule has 31 heavy (non-hydrogen) atoms. The van der Waals surface area contributed by atoms with Gasteiger partial charge in [0.05, 0.1) is 6.54 Å². The summed E-state index contributed by atoms with van der Waals surface area (Å²) in [5, 5.41) is 6.16. The molecule has 2 aromatic rings. The van der Waals surface area contributed by atoms with Crippen LogP contribution in [0.3, 0.4) is 0 Å². The fourth-order valence-corrected chi connectivity index (χ4v) is 4.56. The lowest BCUT2D eigenvalue weighted by atomic mass is 9.82. The largest absolute Gasteiger partial charge is 0.337 e. The normalized spacial score (nSPS) is 15.4. The molecule has 166 valence electrons. The number of thioether (sulfide) groups is 1. The molecule has 0 aromatic heterocycles. The highest BCUT2D eigenvalue weighted by molar-refractivity contribution is 7.99. The van der Waals surface area contributed by atoms with E-state index in [1.807, 2.05) is 16.7 Å². The first-order valence-corrected chi connectivity index (χ1v) is 11.7. The van der Waals surface area contributed by atoms with E-state index < -0.39 is 0 Å². The van der Waals surface area contributed by atoms with Gasteiger partial charge in [0, 0.05) is 41.9 Å². The SMILES string of the molecule is CC(C)(C)C(NCC(=O)Nc1cccc(C(=O)N2CCSCC2)c1)c1ccc(F)cc1. The highest BCUT2D eigenvalue weighted by Crippen LogP contribution is 2.32. The second-order valence-corrected chi connectivity index (χ2v) is 9.99. The maximum Gasteiger partial charge on any atom is 0.253 e. The third-order valence-electron chi connectivity index (χ3n) is 5.23. The third-order valence-corrected chi connectivity index (χ3v) is 6.17. The molecule has 7 heteroatoms. The standard InChI is InChI=1S/C24H30FN3O2S/c1-24(2,3)22(17-7-9-19(25)10-8-17)26-16-21(29)27-20-6-4-5-18(15-20)23(30)28-11-13-31-14-12-28/h4-10,15,22,26H,11-14,16H2,1-3H3,(H,27,29). The zero-order valence-corrected chi connectivity index (χ0v) is 19.1. The Labute approximate surface area is 187 Å². The molecule has 2 amide bonds. The lowest BCUT2D eigenvalue weighted by Gasteiger charge is -2.32. The molecular formula is C24H30FN3O2S. The smallest absolute Gasteiger partial charge is 0.253 e. The van der Waals surface area contributed by atoms with Crippen molar-refractivity contribution < 1.29 is 14.0 Å². The summed E-state index contributed by atoms with van der Waals surface area (Å²) in [7, 11) is 0. The monoisotopic (exact) mass is 443 g/mol. The molecule has 1 fully saturated rings. The van der Waals surface area contributed by atoms with Gasteiger partial charge in [-0.3, -0.25) is 9.59 Å². The number of nitrogens with zero attached hydrogens (tertiary/aromatic N) is 1. The van der Waals surface area contributed by atoms with E-state index in [0.717, 1.165) is 30.2 Å². The predicted molar refractivity (Wildman–Crippen MR) is 125 cm³/mol. The van der Waals surface area contributed by atoms with Gasteiger partial charge in [-0.1, -0.05) is 39.0 Å². The minimum absolute atomic E-state index is 0.00127. The summed E-state index contributed by atoms with van der Waals surface area (Å²) in [6.07, 6.45) is 0. The van der Waals surface area contributed by atoms with Crippen molar-refractivity contribution in [2.45, 2.75) is 26.8 Å². The fourth-order valence-electron chi connectivity index (χ4n) is 3.66. The van der Waals surface area contributed by atoms with Crippen molar-refractivity contribution >= 4 is 29.3 Å². The van der Waals surface area contributed by atoms with E-state index in [9.17, 15) is 14.0 Å². The Morgan fingerprint density at radius 3 is 2.42 bits per heavy atom. The molecule has 1 unspecified atom stereocenters. The summed E-state index contributed by atoms with van der Waals surface area (Å²) in [6, 6.07) is 13.3. The molecule has 1 aliphatic heterocycles. The van der Waals surface area contributed by atoms with Crippen molar-refractivity contribution in [3.8, 4) is 0 Å². The maximum absolute atomic E-state index is 13.3. The highest BCUT2D eigenvalue weighted by atomic mass is 32.2. The average molecular weight is 444 g/mol. The molecule has 1 heterocycles. The third kappa shape index (κ3) is 6.55. The first-order chi connectivity index (χ1) is 14.7. The molecule has 0 bridgehead atoms. The summed E-state index contributed by atoms with van der Waals surface area (Å²) in [6.45, 7) is 7.81. The molecule has 0 saturated carbocycles. The minimum Gasteiger partial charge on any atom is -0.337 e. The first-order valence-electron chi connectivity index (χ1n) is 10.5. The summed E-state index contributed by atoms with van der Waals surface area (Å²) >= 11 is 1.85. The minimum atomic E-state index is -0.285. The van der Waals surface area contributed by atoms with Crippen molar-refractivity contribution in [1.82, 2.24) is 10.2 Å². The quantitative estimate of drug-likeness (QED) is 0.698. The van der Waals surface area contributed by atoms with Gasteiger partial charge in [0.25, 0.3) is 5.91 Å². The van der Waals surface area contributed by atoms with Crippen molar-refractivity contribution in [3.63, 3.8) is 0 Å². The molecular weight excluding hydrogens is 413 g/mol. The number of amides is 2. The lowest BCUT2D eigenvalue weighted by Crippen LogP contribution is -2.38. The Hall–Kier alpha value is -2.38. The predicted octanol–water partition coefficient (Wildman–Crippen LogP) is 4.33. The van der Waals surface area contributed by atoms with E-state index in [1.165, 1.54) is 12.1 Å². The molecule has 2 aromatic carbocycles. The van der Waals surface area contributed by atoms with E-state index >= 15 is 0 Å². The molecule has 0 spiro atoms. The van der Waals surface area contributed by atoms with Crippen LogP contribution in [0, 0.1) is 11.2 Å².